The fraction of sp³-hybridized carbons (Fsp3) is 0.250. The molecule has 1 heterocycles. The Hall–Kier alpha value is -1.70. The highest BCUT2D eigenvalue weighted by molar-refractivity contribution is 7.89. The molecule has 19 heavy (non-hydrogen) atoms. The summed E-state index contributed by atoms with van der Waals surface area (Å²) >= 11 is 0. The zero-order valence-corrected chi connectivity index (χ0v) is 11.3. The second-order valence-electron chi connectivity index (χ2n) is 4.10. The summed E-state index contributed by atoms with van der Waals surface area (Å²) in [5, 5.41) is 3.72. The molecule has 0 spiro atoms. The number of hydrogen-bond acceptors (Lipinski definition) is 5. The number of benzene rings is 1. The van der Waals surface area contributed by atoms with Crippen LogP contribution in [0.1, 0.15) is 17.0 Å². The van der Waals surface area contributed by atoms with Gasteiger partial charge in [-0.3, -0.25) is 0 Å². The van der Waals surface area contributed by atoms with Crippen molar-refractivity contribution in [1.29, 1.82) is 0 Å². The lowest BCUT2D eigenvalue weighted by Crippen LogP contribution is -2.23. The van der Waals surface area contributed by atoms with E-state index in [2.05, 4.69) is 9.88 Å². The van der Waals surface area contributed by atoms with Crippen molar-refractivity contribution in [2.75, 3.05) is 0 Å². The quantitative estimate of drug-likeness (QED) is 0.849. The molecule has 0 saturated carbocycles. The van der Waals surface area contributed by atoms with Gasteiger partial charge < -0.3 is 10.3 Å². The Balaban J connectivity index is 2.13. The molecule has 0 aliphatic carbocycles. The van der Waals surface area contributed by atoms with E-state index in [4.69, 9.17) is 10.3 Å². The number of nitrogens with zero attached hydrogens (tertiary/aromatic N) is 1. The van der Waals surface area contributed by atoms with Gasteiger partial charge in [-0.15, -0.1) is 0 Å². The predicted octanol–water partition coefficient (Wildman–Crippen LogP) is 0.920. The van der Waals surface area contributed by atoms with Gasteiger partial charge in [0.05, 0.1) is 17.1 Å². The average molecular weight is 281 g/mol. The van der Waals surface area contributed by atoms with Crippen molar-refractivity contribution in [2.45, 2.75) is 24.9 Å². The van der Waals surface area contributed by atoms with Crippen molar-refractivity contribution in [3.05, 3.63) is 47.3 Å². The van der Waals surface area contributed by atoms with E-state index in [0.717, 1.165) is 5.56 Å². The lowest BCUT2D eigenvalue weighted by Gasteiger charge is -2.06. The normalized spacial score (nSPS) is 11.7. The molecule has 0 unspecified atom stereocenters. The summed E-state index contributed by atoms with van der Waals surface area (Å²) in [5.74, 6) is 0.638. The molecule has 0 fully saturated rings. The Morgan fingerprint density at radius 3 is 2.79 bits per heavy atom. The number of nitrogens with one attached hydrogen (secondary N) is 1. The second kappa shape index (κ2) is 5.52. The van der Waals surface area contributed by atoms with E-state index in [1.165, 1.54) is 6.07 Å². The molecule has 0 aliphatic rings. The summed E-state index contributed by atoms with van der Waals surface area (Å²) < 4.78 is 31.5. The van der Waals surface area contributed by atoms with E-state index in [1.807, 2.05) is 0 Å². The summed E-state index contributed by atoms with van der Waals surface area (Å²) in [7, 11) is -3.57. The minimum absolute atomic E-state index is 0.0898. The van der Waals surface area contributed by atoms with E-state index in [0.29, 0.717) is 18.0 Å². The summed E-state index contributed by atoms with van der Waals surface area (Å²) in [5.41, 5.74) is 6.79. The van der Waals surface area contributed by atoms with Crippen molar-refractivity contribution in [3.63, 3.8) is 0 Å². The summed E-state index contributed by atoms with van der Waals surface area (Å²) in [6.07, 6.45) is 0. The van der Waals surface area contributed by atoms with Gasteiger partial charge in [0.25, 0.3) is 0 Å². The molecule has 0 aliphatic heterocycles. The molecule has 2 aromatic rings. The van der Waals surface area contributed by atoms with Crippen LogP contribution in [0.2, 0.25) is 0 Å². The highest BCUT2D eigenvalue weighted by Crippen LogP contribution is 2.12. The average Bonchev–Trinajstić information content (AvgIpc) is 2.82. The van der Waals surface area contributed by atoms with Crippen LogP contribution in [0.25, 0.3) is 0 Å². The van der Waals surface area contributed by atoms with Crippen molar-refractivity contribution < 1.29 is 12.9 Å². The number of aryl methyl sites for hydroxylation is 1. The first-order valence-corrected chi connectivity index (χ1v) is 7.20. The molecule has 6 nitrogen and oxygen atoms in total. The van der Waals surface area contributed by atoms with Crippen LogP contribution in [0.15, 0.2) is 39.8 Å². The molecule has 1 aromatic carbocycles. The van der Waals surface area contributed by atoms with Crippen molar-refractivity contribution in [3.8, 4) is 0 Å². The summed E-state index contributed by atoms with van der Waals surface area (Å²) in [4.78, 5) is 0.190. The highest BCUT2D eigenvalue weighted by atomic mass is 32.2. The Bertz CT molecular complexity index is 664. The van der Waals surface area contributed by atoms with E-state index >= 15 is 0 Å². The fourth-order valence-corrected chi connectivity index (χ4v) is 2.66. The summed E-state index contributed by atoms with van der Waals surface area (Å²) in [6.45, 7) is 2.13. The Labute approximate surface area is 111 Å². The summed E-state index contributed by atoms with van der Waals surface area (Å²) in [6, 6.07) is 8.20. The van der Waals surface area contributed by atoms with Gasteiger partial charge in [-0.05, 0) is 24.6 Å². The molecule has 3 N–H and O–H groups in total. The monoisotopic (exact) mass is 281 g/mol. The van der Waals surface area contributed by atoms with E-state index in [1.54, 1.807) is 31.2 Å². The lowest BCUT2D eigenvalue weighted by molar-refractivity contribution is 0.390. The molecule has 1 aromatic heterocycles. The van der Waals surface area contributed by atoms with E-state index in [-0.39, 0.29) is 11.4 Å². The van der Waals surface area contributed by atoms with E-state index in [9.17, 15) is 8.42 Å². The molecule has 7 heteroatoms. The van der Waals surface area contributed by atoms with Gasteiger partial charge >= 0.3 is 0 Å². The third kappa shape index (κ3) is 3.40. The molecule has 0 bridgehead atoms. The van der Waals surface area contributed by atoms with Crippen LogP contribution < -0.4 is 10.5 Å². The largest absolute Gasteiger partial charge is 0.361 e. The molecule has 0 saturated heterocycles. The zero-order chi connectivity index (χ0) is 13.9. The molecule has 0 amide bonds. The second-order valence-corrected chi connectivity index (χ2v) is 5.87. The topological polar surface area (TPSA) is 98.2 Å². The van der Waals surface area contributed by atoms with Crippen molar-refractivity contribution in [2.24, 2.45) is 5.73 Å². The van der Waals surface area contributed by atoms with Crippen LogP contribution in [-0.4, -0.2) is 13.6 Å². The van der Waals surface area contributed by atoms with Gasteiger partial charge in [0.2, 0.25) is 10.0 Å². The Kier molecular flexibility index (Phi) is 3.98. The van der Waals surface area contributed by atoms with Gasteiger partial charge in [-0.25, -0.2) is 13.1 Å². The minimum atomic E-state index is -3.57. The SMILES string of the molecule is Cc1cc(CNS(=O)(=O)c2cccc(CN)c2)no1. The lowest BCUT2D eigenvalue weighted by atomic mass is 10.2. The molecule has 2 rings (SSSR count). The number of hydrogen-bond donors (Lipinski definition) is 2. The Morgan fingerprint density at radius 2 is 2.16 bits per heavy atom. The van der Waals surface area contributed by atoms with Gasteiger partial charge in [-0.1, -0.05) is 17.3 Å². The Morgan fingerprint density at radius 1 is 1.37 bits per heavy atom. The number of aromatic nitrogens is 1. The molecule has 0 radical (unpaired) electrons. The standard InChI is InChI=1S/C12H15N3O3S/c1-9-5-11(15-18-9)8-14-19(16,17)12-4-2-3-10(6-12)7-13/h2-6,14H,7-8,13H2,1H3. The van der Waals surface area contributed by atoms with Crippen molar-refractivity contribution >= 4 is 10.0 Å². The van der Waals surface area contributed by atoms with Crippen LogP contribution in [0.5, 0.6) is 0 Å². The maximum atomic E-state index is 12.1. The van der Waals surface area contributed by atoms with Crippen LogP contribution in [0.3, 0.4) is 0 Å². The fourth-order valence-electron chi connectivity index (χ4n) is 1.59. The van der Waals surface area contributed by atoms with Crippen molar-refractivity contribution in [1.82, 2.24) is 9.88 Å². The third-order valence-corrected chi connectivity index (χ3v) is 3.96. The maximum absolute atomic E-state index is 12.1. The van der Waals surface area contributed by atoms with Crippen LogP contribution in [-0.2, 0) is 23.1 Å². The molecule has 102 valence electrons. The first-order valence-electron chi connectivity index (χ1n) is 5.72. The van der Waals surface area contributed by atoms with Crippen LogP contribution in [0.4, 0.5) is 0 Å². The van der Waals surface area contributed by atoms with Gasteiger partial charge in [0.15, 0.2) is 0 Å². The number of rotatable bonds is 5. The smallest absolute Gasteiger partial charge is 0.240 e. The highest BCUT2D eigenvalue weighted by Gasteiger charge is 2.14. The zero-order valence-electron chi connectivity index (χ0n) is 10.5. The molecule has 0 atom stereocenters. The maximum Gasteiger partial charge on any atom is 0.240 e. The van der Waals surface area contributed by atoms with Gasteiger partial charge in [-0.2, -0.15) is 0 Å². The third-order valence-electron chi connectivity index (χ3n) is 2.56. The van der Waals surface area contributed by atoms with Crippen LogP contribution in [0, 0.1) is 6.92 Å². The van der Waals surface area contributed by atoms with Crippen LogP contribution >= 0.6 is 0 Å². The molecular weight excluding hydrogens is 266 g/mol. The van der Waals surface area contributed by atoms with Gasteiger partial charge in [0, 0.05) is 12.6 Å². The first kappa shape index (κ1) is 13.7. The number of nitrogens with two attached hydrogens (primary N) is 1. The first-order chi connectivity index (χ1) is 9.01. The number of sulfonamides is 1. The molecular formula is C12H15N3O3S. The predicted molar refractivity (Wildman–Crippen MR) is 69.6 cm³/mol. The van der Waals surface area contributed by atoms with E-state index < -0.39 is 10.0 Å². The van der Waals surface area contributed by atoms with Gasteiger partial charge in [0.1, 0.15) is 5.76 Å². The minimum Gasteiger partial charge on any atom is -0.361 e.